The predicted octanol–water partition coefficient (Wildman–Crippen LogP) is 3.94. The molecule has 0 aliphatic carbocycles. The van der Waals surface area contributed by atoms with Gasteiger partial charge in [0.25, 0.3) is 5.56 Å². The van der Waals surface area contributed by atoms with Crippen molar-refractivity contribution < 1.29 is 9.90 Å². The Bertz CT molecular complexity index is 944. The van der Waals surface area contributed by atoms with Gasteiger partial charge in [-0.15, -0.1) is 11.3 Å². The van der Waals surface area contributed by atoms with Gasteiger partial charge in [-0.25, -0.2) is 9.78 Å². The monoisotopic (exact) mass is 356 g/mol. The summed E-state index contributed by atoms with van der Waals surface area (Å²) in [5.74, 6) is -0.389. The lowest BCUT2D eigenvalue weighted by atomic mass is 10.1. The van der Waals surface area contributed by atoms with Crippen LogP contribution in [0.3, 0.4) is 0 Å². The van der Waals surface area contributed by atoms with Gasteiger partial charge in [-0.2, -0.15) is 0 Å². The molecule has 2 aromatic heterocycles. The lowest BCUT2D eigenvalue weighted by Crippen LogP contribution is -2.26. The molecule has 0 aliphatic heterocycles. The first-order chi connectivity index (χ1) is 12.1. The fourth-order valence-electron chi connectivity index (χ4n) is 2.89. The first kappa shape index (κ1) is 17.4. The number of hydrogen-bond donors (Lipinski definition) is 1. The molecule has 0 atom stereocenters. The highest BCUT2D eigenvalue weighted by Crippen LogP contribution is 2.22. The van der Waals surface area contributed by atoms with E-state index in [1.54, 1.807) is 4.57 Å². The molecular weight excluding hydrogens is 336 g/mol. The van der Waals surface area contributed by atoms with Crippen LogP contribution in [0.15, 0.2) is 40.5 Å². The minimum atomic E-state index is -1.08. The van der Waals surface area contributed by atoms with Gasteiger partial charge < -0.3 is 5.11 Å². The third-order valence-corrected chi connectivity index (χ3v) is 5.07. The number of nitrogens with zero attached hydrogens (tertiary/aromatic N) is 2. The molecular formula is C19H20N2O3S. The standard InChI is InChI=1S/C19H20N2O3S/c1-2-3-7-10-21-15(11-13-8-5-4-6-9-13)20-17-16(18(21)22)14(12-25-17)19(23)24/h4-6,8-9,12H,2-3,7,10-11H2,1H3,(H,23,24). The molecule has 130 valence electrons. The van der Waals surface area contributed by atoms with Crippen LogP contribution in [0.25, 0.3) is 10.2 Å². The molecule has 0 saturated heterocycles. The summed E-state index contributed by atoms with van der Waals surface area (Å²) >= 11 is 1.21. The number of unbranched alkanes of at least 4 members (excludes halogenated alkanes) is 2. The van der Waals surface area contributed by atoms with Crippen LogP contribution in [0.5, 0.6) is 0 Å². The van der Waals surface area contributed by atoms with E-state index in [0.717, 1.165) is 24.8 Å². The number of benzene rings is 1. The van der Waals surface area contributed by atoms with Gasteiger partial charge in [0.15, 0.2) is 0 Å². The predicted molar refractivity (Wildman–Crippen MR) is 99.6 cm³/mol. The Morgan fingerprint density at radius 2 is 2.00 bits per heavy atom. The first-order valence-corrected chi connectivity index (χ1v) is 9.28. The van der Waals surface area contributed by atoms with Crippen molar-refractivity contribution in [1.29, 1.82) is 0 Å². The van der Waals surface area contributed by atoms with Crippen molar-refractivity contribution in [3.63, 3.8) is 0 Å². The van der Waals surface area contributed by atoms with Crippen molar-refractivity contribution in [3.8, 4) is 0 Å². The van der Waals surface area contributed by atoms with Gasteiger partial charge in [0.1, 0.15) is 10.7 Å². The maximum absolute atomic E-state index is 13.0. The molecule has 2 heterocycles. The molecule has 3 aromatic rings. The average Bonchev–Trinajstić information content (AvgIpc) is 3.03. The lowest BCUT2D eigenvalue weighted by Gasteiger charge is -2.12. The highest BCUT2D eigenvalue weighted by molar-refractivity contribution is 7.17. The van der Waals surface area contributed by atoms with Crippen molar-refractivity contribution in [3.05, 3.63) is 63.0 Å². The number of aromatic carboxylic acids is 1. The zero-order valence-corrected chi connectivity index (χ0v) is 14.9. The zero-order chi connectivity index (χ0) is 17.8. The van der Waals surface area contributed by atoms with Crippen molar-refractivity contribution in [2.75, 3.05) is 0 Å². The van der Waals surface area contributed by atoms with Gasteiger partial charge in [-0.1, -0.05) is 50.1 Å². The average molecular weight is 356 g/mol. The molecule has 1 aromatic carbocycles. The molecule has 25 heavy (non-hydrogen) atoms. The molecule has 0 spiro atoms. The van der Waals surface area contributed by atoms with E-state index in [1.165, 1.54) is 16.7 Å². The topological polar surface area (TPSA) is 72.2 Å². The summed E-state index contributed by atoms with van der Waals surface area (Å²) in [6.07, 6.45) is 3.50. The second-order valence-electron chi connectivity index (χ2n) is 5.99. The van der Waals surface area contributed by atoms with Crippen molar-refractivity contribution in [1.82, 2.24) is 9.55 Å². The number of aromatic nitrogens is 2. The van der Waals surface area contributed by atoms with Crippen LogP contribution < -0.4 is 5.56 Å². The maximum Gasteiger partial charge on any atom is 0.337 e. The van der Waals surface area contributed by atoms with Gasteiger partial charge in [0, 0.05) is 18.3 Å². The fraction of sp³-hybridized carbons (Fsp3) is 0.316. The Kier molecular flexibility index (Phi) is 5.28. The second kappa shape index (κ2) is 7.61. The van der Waals surface area contributed by atoms with Crippen LogP contribution >= 0.6 is 11.3 Å². The summed E-state index contributed by atoms with van der Waals surface area (Å²) in [7, 11) is 0. The molecule has 5 nitrogen and oxygen atoms in total. The maximum atomic E-state index is 13.0. The Morgan fingerprint density at radius 1 is 1.24 bits per heavy atom. The molecule has 0 radical (unpaired) electrons. The van der Waals surface area contributed by atoms with Crippen LogP contribution in [0.2, 0.25) is 0 Å². The minimum Gasteiger partial charge on any atom is -0.478 e. The lowest BCUT2D eigenvalue weighted by molar-refractivity contribution is 0.0699. The molecule has 3 rings (SSSR count). The quantitative estimate of drug-likeness (QED) is 0.651. The first-order valence-electron chi connectivity index (χ1n) is 8.40. The molecule has 6 heteroatoms. The molecule has 0 amide bonds. The van der Waals surface area contributed by atoms with Crippen molar-refractivity contribution in [2.45, 2.75) is 39.2 Å². The third-order valence-electron chi connectivity index (χ3n) is 4.19. The van der Waals surface area contributed by atoms with Gasteiger partial charge in [0.2, 0.25) is 0 Å². The normalized spacial score (nSPS) is 11.1. The van der Waals surface area contributed by atoms with Crippen LogP contribution in [-0.4, -0.2) is 20.6 Å². The Morgan fingerprint density at radius 3 is 2.68 bits per heavy atom. The molecule has 0 aliphatic rings. The summed E-state index contributed by atoms with van der Waals surface area (Å²) < 4.78 is 1.66. The largest absolute Gasteiger partial charge is 0.478 e. The number of carboxylic acid groups (broad SMARTS) is 1. The van der Waals surface area contributed by atoms with E-state index in [2.05, 4.69) is 11.9 Å². The Balaban J connectivity index is 2.11. The number of carboxylic acids is 1. The number of fused-ring (bicyclic) bond motifs is 1. The van der Waals surface area contributed by atoms with Gasteiger partial charge in [-0.05, 0) is 12.0 Å². The summed E-state index contributed by atoms with van der Waals surface area (Å²) in [4.78, 5) is 29.5. The minimum absolute atomic E-state index is 0.0491. The molecule has 0 bridgehead atoms. The smallest absolute Gasteiger partial charge is 0.337 e. The number of carbonyl (C=O) groups is 1. The third kappa shape index (κ3) is 3.64. The van der Waals surface area contributed by atoms with E-state index in [1.807, 2.05) is 30.3 Å². The zero-order valence-electron chi connectivity index (χ0n) is 14.1. The van der Waals surface area contributed by atoms with Gasteiger partial charge in [0.05, 0.1) is 10.9 Å². The molecule has 1 N–H and O–H groups in total. The SMILES string of the molecule is CCCCCn1c(Cc2ccccc2)nc2scc(C(=O)O)c2c1=O. The van der Waals surface area contributed by atoms with E-state index in [9.17, 15) is 14.7 Å². The summed E-state index contributed by atoms with van der Waals surface area (Å²) in [5, 5.41) is 11.1. The number of rotatable bonds is 7. The summed E-state index contributed by atoms with van der Waals surface area (Å²) in [6.45, 7) is 2.67. The van der Waals surface area contributed by atoms with E-state index in [0.29, 0.717) is 23.6 Å². The van der Waals surface area contributed by atoms with E-state index in [-0.39, 0.29) is 16.5 Å². The van der Waals surface area contributed by atoms with Gasteiger partial charge >= 0.3 is 5.97 Å². The highest BCUT2D eigenvalue weighted by atomic mass is 32.1. The number of hydrogen-bond acceptors (Lipinski definition) is 4. The Labute approximate surface area is 149 Å². The van der Waals surface area contributed by atoms with Gasteiger partial charge in [-0.3, -0.25) is 9.36 Å². The Hall–Kier alpha value is -2.47. The van der Waals surface area contributed by atoms with E-state index >= 15 is 0 Å². The molecule has 0 saturated carbocycles. The highest BCUT2D eigenvalue weighted by Gasteiger charge is 2.19. The summed E-state index contributed by atoms with van der Waals surface area (Å²) in [6, 6.07) is 9.88. The van der Waals surface area contributed by atoms with Crippen LogP contribution in [0.4, 0.5) is 0 Å². The molecule has 0 unspecified atom stereocenters. The van der Waals surface area contributed by atoms with Crippen molar-refractivity contribution in [2.24, 2.45) is 0 Å². The van der Waals surface area contributed by atoms with E-state index < -0.39 is 5.97 Å². The second-order valence-corrected chi connectivity index (χ2v) is 6.85. The van der Waals surface area contributed by atoms with Crippen LogP contribution in [0.1, 0.15) is 47.9 Å². The van der Waals surface area contributed by atoms with Crippen LogP contribution in [0, 0.1) is 0 Å². The van der Waals surface area contributed by atoms with Crippen molar-refractivity contribution >= 4 is 27.5 Å². The molecule has 0 fully saturated rings. The van der Waals surface area contributed by atoms with E-state index in [4.69, 9.17) is 0 Å². The number of thiophene rings is 1. The fourth-order valence-corrected chi connectivity index (χ4v) is 3.81. The summed E-state index contributed by atoms with van der Waals surface area (Å²) in [5.41, 5.74) is 0.881. The van der Waals surface area contributed by atoms with Crippen LogP contribution in [-0.2, 0) is 13.0 Å².